The molecule has 3 fully saturated rings. The lowest BCUT2D eigenvalue weighted by Crippen LogP contribution is -2.49. The fraction of sp³-hybridized carbons (Fsp3) is 0.632. The molecule has 1 amide bonds. The van der Waals surface area contributed by atoms with Gasteiger partial charge in [0.25, 0.3) is 5.91 Å². The van der Waals surface area contributed by atoms with Crippen molar-refractivity contribution in [2.45, 2.75) is 42.4 Å². The van der Waals surface area contributed by atoms with Crippen LogP contribution >= 0.6 is 0 Å². The molecule has 1 saturated carbocycles. The van der Waals surface area contributed by atoms with Crippen molar-refractivity contribution < 1.29 is 27.4 Å². The summed E-state index contributed by atoms with van der Waals surface area (Å²) in [5.41, 5.74) is 0.448. The predicted octanol–water partition coefficient (Wildman–Crippen LogP) is 0.774. The quantitative estimate of drug-likeness (QED) is 0.788. The van der Waals surface area contributed by atoms with Crippen molar-refractivity contribution in [3.8, 4) is 0 Å². The first-order valence-electron chi connectivity index (χ1n) is 9.76. The topological polar surface area (TPSA) is 94.2 Å². The van der Waals surface area contributed by atoms with Crippen molar-refractivity contribution in [3.05, 3.63) is 29.8 Å². The molecule has 0 radical (unpaired) electrons. The van der Waals surface area contributed by atoms with Crippen molar-refractivity contribution in [2.24, 2.45) is 0 Å². The number of amides is 1. The summed E-state index contributed by atoms with van der Waals surface area (Å²) < 4.78 is 43.4. The van der Waals surface area contributed by atoms with Crippen molar-refractivity contribution >= 4 is 15.9 Å². The number of ether oxygens (including phenoxy) is 3. The molecule has 28 heavy (non-hydrogen) atoms. The molecule has 4 rings (SSSR count). The Morgan fingerprint density at radius 3 is 2.36 bits per heavy atom. The van der Waals surface area contributed by atoms with Gasteiger partial charge in [-0.1, -0.05) is 0 Å². The number of hydrogen-bond donors (Lipinski definition) is 1. The van der Waals surface area contributed by atoms with E-state index in [1.54, 1.807) is 12.1 Å². The maximum atomic E-state index is 12.7. The third kappa shape index (κ3) is 4.23. The van der Waals surface area contributed by atoms with E-state index in [0.29, 0.717) is 45.1 Å². The molecule has 9 heteroatoms. The van der Waals surface area contributed by atoms with Crippen molar-refractivity contribution in [3.63, 3.8) is 0 Å². The molecule has 0 spiro atoms. The molecule has 0 bridgehead atoms. The lowest BCUT2D eigenvalue weighted by atomic mass is 9.89. The van der Waals surface area contributed by atoms with Crippen LogP contribution in [0.5, 0.6) is 0 Å². The molecular weight excluding hydrogens is 384 g/mol. The summed E-state index contributed by atoms with van der Waals surface area (Å²) in [5, 5.41) is 3.04. The Balaban J connectivity index is 1.37. The fourth-order valence-corrected chi connectivity index (χ4v) is 5.39. The normalized spacial score (nSPS) is 29.1. The predicted molar refractivity (Wildman–Crippen MR) is 101 cm³/mol. The molecule has 2 saturated heterocycles. The van der Waals surface area contributed by atoms with Crippen LogP contribution in [0, 0.1) is 0 Å². The average molecular weight is 410 g/mol. The summed E-state index contributed by atoms with van der Waals surface area (Å²) in [6, 6.07) is 6.15. The van der Waals surface area contributed by atoms with Gasteiger partial charge >= 0.3 is 0 Å². The molecule has 3 atom stereocenters. The zero-order valence-corrected chi connectivity index (χ0v) is 16.5. The van der Waals surface area contributed by atoms with E-state index >= 15 is 0 Å². The van der Waals surface area contributed by atoms with E-state index in [4.69, 9.17) is 14.2 Å². The summed E-state index contributed by atoms with van der Waals surface area (Å²) in [6.45, 7) is 2.73. The Hall–Kier alpha value is -1.52. The first-order chi connectivity index (χ1) is 13.5. The molecule has 3 unspecified atom stereocenters. The van der Waals surface area contributed by atoms with Gasteiger partial charge < -0.3 is 19.5 Å². The summed E-state index contributed by atoms with van der Waals surface area (Å²) in [5.74, 6) is -0.199. The second-order valence-corrected chi connectivity index (χ2v) is 9.28. The Bertz CT molecular complexity index is 791. The standard InChI is InChI=1S/C19H26N2O6S/c22-19(20-15-3-6-17-18(13-15)27-12-11-26-17)14-1-4-16(5-2-14)28(23,24)21-7-9-25-10-8-21/h1-2,4-5,15,17-18H,3,6-13H2,(H,20,22). The number of nitrogens with one attached hydrogen (secondary N) is 1. The molecule has 2 aliphatic heterocycles. The molecular formula is C19H26N2O6S. The van der Waals surface area contributed by atoms with E-state index in [9.17, 15) is 13.2 Å². The number of rotatable bonds is 4. The Labute approximate surface area is 165 Å². The van der Waals surface area contributed by atoms with E-state index in [0.717, 1.165) is 19.3 Å². The van der Waals surface area contributed by atoms with Crippen LogP contribution in [-0.4, -0.2) is 76.4 Å². The van der Waals surface area contributed by atoms with Crippen LogP contribution in [0.1, 0.15) is 29.6 Å². The summed E-state index contributed by atoms with van der Waals surface area (Å²) in [7, 11) is -3.55. The molecule has 2 heterocycles. The zero-order chi connectivity index (χ0) is 19.6. The molecule has 154 valence electrons. The number of fused-ring (bicyclic) bond motifs is 1. The van der Waals surface area contributed by atoms with Crippen LogP contribution in [0.15, 0.2) is 29.2 Å². The smallest absolute Gasteiger partial charge is 0.251 e. The molecule has 1 N–H and O–H groups in total. The van der Waals surface area contributed by atoms with Gasteiger partial charge in [-0.2, -0.15) is 4.31 Å². The minimum absolute atomic E-state index is 0.0345. The second-order valence-electron chi connectivity index (χ2n) is 7.34. The van der Waals surface area contributed by atoms with Gasteiger partial charge in [0.1, 0.15) is 0 Å². The van der Waals surface area contributed by atoms with Crippen LogP contribution in [-0.2, 0) is 24.2 Å². The molecule has 3 aliphatic rings. The van der Waals surface area contributed by atoms with Crippen molar-refractivity contribution in [1.29, 1.82) is 0 Å². The number of morpholine rings is 1. The summed E-state index contributed by atoms with van der Waals surface area (Å²) >= 11 is 0. The summed E-state index contributed by atoms with van der Waals surface area (Å²) in [4.78, 5) is 12.8. The van der Waals surface area contributed by atoms with E-state index in [1.165, 1.54) is 16.4 Å². The highest BCUT2D eigenvalue weighted by molar-refractivity contribution is 7.89. The van der Waals surface area contributed by atoms with Crippen LogP contribution in [0.25, 0.3) is 0 Å². The SMILES string of the molecule is O=C(NC1CCC2OCCOC2C1)c1ccc(S(=O)(=O)N2CCOCC2)cc1. The van der Waals surface area contributed by atoms with Gasteiger partial charge in [0.05, 0.1) is 43.5 Å². The number of benzene rings is 1. The van der Waals surface area contributed by atoms with Gasteiger partial charge in [-0.3, -0.25) is 4.79 Å². The van der Waals surface area contributed by atoms with Crippen LogP contribution in [0.4, 0.5) is 0 Å². The molecule has 1 aromatic rings. The lowest BCUT2D eigenvalue weighted by molar-refractivity contribution is -0.157. The maximum absolute atomic E-state index is 12.7. The highest BCUT2D eigenvalue weighted by atomic mass is 32.2. The van der Waals surface area contributed by atoms with E-state index in [-0.39, 0.29) is 29.1 Å². The number of nitrogens with zero attached hydrogens (tertiary/aromatic N) is 1. The minimum Gasteiger partial charge on any atom is -0.379 e. The van der Waals surface area contributed by atoms with Crippen molar-refractivity contribution in [2.75, 3.05) is 39.5 Å². The number of carbonyl (C=O) groups excluding carboxylic acids is 1. The highest BCUT2D eigenvalue weighted by Gasteiger charge is 2.35. The van der Waals surface area contributed by atoms with Gasteiger partial charge in [0, 0.05) is 24.7 Å². The molecule has 1 aliphatic carbocycles. The number of carbonyl (C=O) groups is 1. The third-order valence-corrected chi connectivity index (χ3v) is 7.45. The largest absolute Gasteiger partial charge is 0.379 e. The van der Waals surface area contributed by atoms with Crippen molar-refractivity contribution in [1.82, 2.24) is 9.62 Å². The highest BCUT2D eigenvalue weighted by Crippen LogP contribution is 2.27. The average Bonchev–Trinajstić information content (AvgIpc) is 2.74. The van der Waals surface area contributed by atoms with Crippen LogP contribution in [0.2, 0.25) is 0 Å². The van der Waals surface area contributed by atoms with Gasteiger partial charge in [0.2, 0.25) is 10.0 Å². The van der Waals surface area contributed by atoms with Gasteiger partial charge in [-0.05, 0) is 43.5 Å². The van der Waals surface area contributed by atoms with Gasteiger partial charge in [-0.15, -0.1) is 0 Å². The third-order valence-electron chi connectivity index (χ3n) is 5.54. The molecule has 0 aromatic heterocycles. The Morgan fingerprint density at radius 1 is 0.964 bits per heavy atom. The van der Waals surface area contributed by atoms with Gasteiger partial charge in [0.15, 0.2) is 0 Å². The fourth-order valence-electron chi connectivity index (χ4n) is 3.98. The second kappa shape index (κ2) is 8.46. The van der Waals surface area contributed by atoms with E-state index < -0.39 is 10.0 Å². The maximum Gasteiger partial charge on any atom is 0.251 e. The zero-order valence-electron chi connectivity index (χ0n) is 15.7. The first-order valence-corrected chi connectivity index (χ1v) is 11.2. The Kier molecular flexibility index (Phi) is 5.98. The van der Waals surface area contributed by atoms with Crippen LogP contribution < -0.4 is 5.32 Å². The lowest BCUT2D eigenvalue weighted by Gasteiger charge is -2.39. The first kappa shape index (κ1) is 19.8. The number of hydrogen-bond acceptors (Lipinski definition) is 6. The van der Waals surface area contributed by atoms with E-state index in [2.05, 4.69) is 5.32 Å². The van der Waals surface area contributed by atoms with Crippen LogP contribution in [0.3, 0.4) is 0 Å². The Morgan fingerprint density at radius 2 is 1.64 bits per heavy atom. The monoisotopic (exact) mass is 410 g/mol. The molecule has 1 aromatic carbocycles. The van der Waals surface area contributed by atoms with E-state index in [1.807, 2.05) is 0 Å². The minimum atomic E-state index is -3.55. The summed E-state index contributed by atoms with van der Waals surface area (Å²) in [6.07, 6.45) is 2.62. The van der Waals surface area contributed by atoms with Gasteiger partial charge in [-0.25, -0.2) is 8.42 Å². The molecule has 8 nitrogen and oxygen atoms in total. The number of sulfonamides is 1.